The lowest BCUT2D eigenvalue weighted by molar-refractivity contribution is 1.42. The van der Waals surface area contributed by atoms with E-state index in [9.17, 15) is 0 Å². The highest BCUT2D eigenvalue weighted by Crippen LogP contribution is 2.29. The maximum absolute atomic E-state index is 5.37. The van der Waals surface area contributed by atoms with Crippen LogP contribution in [0.1, 0.15) is 6.92 Å². The van der Waals surface area contributed by atoms with E-state index in [0.717, 1.165) is 0 Å². The first kappa shape index (κ1) is 8.90. The van der Waals surface area contributed by atoms with Crippen molar-refractivity contribution in [1.82, 2.24) is 0 Å². The van der Waals surface area contributed by atoms with E-state index in [2.05, 4.69) is 0 Å². The highest BCUT2D eigenvalue weighted by molar-refractivity contribution is 6.69. The fourth-order valence-corrected chi connectivity index (χ4v) is 1.05. The average Bonchev–Trinajstić information content (AvgIpc) is 1.21. The predicted octanol–water partition coefficient (Wildman–Crippen LogP) is 3.50. The van der Waals surface area contributed by atoms with Gasteiger partial charge in [0.1, 0.15) is 0 Å². The summed E-state index contributed by atoms with van der Waals surface area (Å²) in [5.74, 6) is 0. The third-order valence-corrected chi connectivity index (χ3v) is 0.799. The van der Waals surface area contributed by atoms with Crippen molar-refractivity contribution in [2.45, 2.75) is 10.7 Å². The number of hydrogen-bond acceptors (Lipinski definition) is 0. The van der Waals surface area contributed by atoms with Crippen molar-refractivity contribution in [3.05, 3.63) is 11.1 Å². The van der Waals surface area contributed by atoms with Gasteiger partial charge in [-0.1, -0.05) is 46.4 Å². The van der Waals surface area contributed by atoms with E-state index in [1.807, 2.05) is 0 Å². The molecular formula is C4H4Cl4. The molecule has 0 aliphatic heterocycles. The Bertz CT molecular complexity index is 95.1. The molecule has 0 radical (unpaired) electrons. The Morgan fingerprint density at radius 2 is 1.75 bits per heavy atom. The standard InChI is InChI=1S/C4H4Cl4/c1-3(5)2-4(6,7)8/h2H,1H3/b3-2-. The lowest BCUT2D eigenvalue weighted by Crippen LogP contribution is -1.94. The van der Waals surface area contributed by atoms with Crippen molar-refractivity contribution in [3.63, 3.8) is 0 Å². The van der Waals surface area contributed by atoms with Gasteiger partial charge in [-0.3, -0.25) is 0 Å². The normalized spacial score (nSPS) is 14.4. The quantitative estimate of drug-likeness (QED) is 0.517. The Balaban J connectivity index is 3.89. The first-order valence-electron chi connectivity index (χ1n) is 1.83. The van der Waals surface area contributed by atoms with Crippen molar-refractivity contribution in [1.29, 1.82) is 0 Å². The van der Waals surface area contributed by atoms with Crippen LogP contribution in [0.2, 0.25) is 0 Å². The molecule has 0 fully saturated rings. The molecular weight excluding hydrogens is 190 g/mol. The second-order valence-electron chi connectivity index (χ2n) is 1.27. The van der Waals surface area contributed by atoms with Crippen LogP contribution in [0.4, 0.5) is 0 Å². The fourth-order valence-electron chi connectivity index (χ4n) is 0.226. The lowest BCUT2D eigenvalue weighted by atomic mass is 10.6. The molecule has 0 unspecified atom stereocenters. The largest absolute Gasteiger partial charge is 0.210 e. The van der Waals surface area contributed by atoms with E-state index < -0.39 is 3.79 Å². The molecule has 48 valence electrons. The molecule has 0 saturated carbocycles. The molecule has 0 saturated heterocycles. The minimum Gasteiger partial charge on any atom is -0.0896 e. The van der Waals surface area contributed by atoms with Gasteiger partial charge >= 0.3 is 0 Å². The average molecular weight is 194 g/mol. The van der Waals surface area contributed by atoms with Gasteiger partial charge in [0.25, 0.3) is 0 Å². The van der Waals surface area contributed by atoms with Crippen LogP contribution in [0.15, 0.2) is 11.1 Å². The number of halogens is 4. The van der Waals surface area contributed by atoms with E-state index in [1.54, 1.807) is 6.92 Å². The van der Waals surface area contributed by atoms with Crippen LogP contribution in [0, 0.1) is 0 Å². The van der Waals surface area contributed by atoms with Crippen LogP contribution in [-0.2, 0) is 0 Å². The molecule has 0 N–H and O–H groups in total. The molecule has 0 spiro atoms. The molecule has 0 bridgehead atoms. The van der Waals surface area contributed by atoms with Gasteiger partial charge in [0.2, 0.25) is 3.79 Å². The van der Waals surface area contributed by atoms with Gasteiger partial charge in [-0.25, -0.2) is 0 Å². The first-order chi connectivity index (χ1) is 3.42. The van der Waals surface area contributed by atoms with Crippen LogP contribution in [-0.4, -0.2) is 3.79 Å². The first-order valence-corrected chi connectivity index (χ1v) is 3.35. The monoisotopic (exact) mass is 192 g/mol. The van der Waals surface area contributed by atoms with Gasteiger partial charge in [-0.2, -0.15) is 0 Å². The molecule has 0 aliphatic rings. The Morgan fingerprint density at radius 1 is 1.38 bits per heavy atom. The van der Waals surface area contributed by atoms with E-state index in [4.69, 9.17) is 46.4 Å². The summed E-state index contributed by atoms with van der Waals surface area (Å²) in [6.45, 7) is 1.64. The Hall–Kier alpha value is 0.900. The predicted molar refractivity (Wildman–Crippen MR) is 39.9 cm³/mol. The van der Waals surface area contributed by atoms with Crippen molar-refractivity contribution in [2.75, 3.05) is 0 Å². The van der Waals surface area contributed by atoms with Gasteiger partial charge < -0.3 is 0 Å². The van der Waals surface area contributed by atoms with Gasteiger partial charge in [-0.05, 0) is 13.0 Å². The van der Waals surface area contributed by atoms with Crippen molar-refractivity contribution >= 4 is 46.4 Å². The topological polar surface area (TPSA) is 0 Å². The van der Waals surface area contributed by atoms with Gasteiger partial charge in [0, 0.05) is 5.03 Å². The summed E-state index contributed by atoms with van der Waals surface area (Å²) in [6, 6.07) is 0. The second kappa shape index (κ2) is 3.17. The number of rotatable bonds is 0. The van der Waals surface area contributed by atoms with Crippen LogP contribution < -0.4 is 0 Å². The van der Waals surface area contributed by atoms with E-state index >= 15 is 0 Å². The fraction of sp³-hybridized carbons (Fsp3) is 0.500. The summed E-state index contributed by atoms with van der Waals surface area (Å²) in [7, 11) is 0. The highest BCUT2D eigenvalue weighted by atomic mass is 35.6. The Morgan fingerprint density at radius 3 is 1.75 bits per heavy atom. The van der Waals surface area contributed by atoms with Crippen molar-refractivity contribution < 1.29 is 0 Å². The molecule has 0 aromatic carbocycles. The minimum atomic E-state index is -1.36. The molecule has 0 nitrogen and oxygen atoms in total. The molecule has 0 heterocycles. The molecule has 0 rings (SSSR count). The van der Waals surface area contributed by atoms with Crippen molar-refractivity contribution in [3.8, 4) is 0 Å². The summed E-state index contributed by atoms with van der Waals surface area (Å²) >= 11 is 21.3. The Kier molecular flexibility index (Phi) is 3.52. The number of hydrogen-bond donors (Lipinski definition) is 0. The summed E-state index contributed by atoms with van der Waals surface area (Å²) in [4.78, 5) is 0. The molecule has 0 aromatic rings. The van der Waals surface area contributed by atoms with E-state index in [0.29, 0.717) is 5.03 Å². The summed E-state index contributed by atoms with van der Waals surface area (Å²) in [5, 5.41) is 0.477. The molecule has 0 aliphatic carbocycles. The maximum Gasteiger partial charge on any atom is 0.210 e. The molecule has 0 atom stereocenters. The highest BCUT2D eigenvalue weighted by Gasteiger charge is 2.14. The zero-order valence-corrected chi connectivity index (χ0v) is 7.11. The summed E-state index contributed by atoms with van der Waals surface area (Å²) < 4.78 is -1.36. The van der Waals surface area contributed by atoms with Crippen LogP contribution >= 0.6 is 46.4 Å². The van der Waals surface area contributed by atoms with E-state index in [-0.39, 0.29) is 0 Å². The zero-order valence-electron chi connectivity index (χ0n) is 4.09. The van der Waals surface area contributed by atoms with Gasteiger partial charge in [0.05, 0.1) is 0 Å². The summed E-state index contributed by atoms with van der Waals surface area (Å²) in [5.41, 5.74) is 0. The lowest BCUT2D eigenvalue weighted by Gasteiger charge is -2.01. The van der Waals surface area contributed by atoms with Gasteiger partial charge in [-0.15, -0.1) is 0 Å². The second-order valence-corrected chi connectivity index (χ2v) is 4.24. The molecule has 4 heteroatoms. The molecule has 0 amide bonds. The number of allylic oxidation sites excluding steroid dienone is 2. The third kappa shape index (κ3) is 6.90. The molecule has 8 heavy (non-hydrogen) atoms. The van der Waals surface area contributed by atoms with Crippen LogP contribution in [0.25, 0.3) is 0 Å². The van der Waals surface area contributed by atoms with E-state index in [1.165, 1.54) is 6.08 Å². The minimum absolute atomic E-state index is 0.477. The maximum atomic E-state index is 5.37. The van der Waals surface area contributed by atoms with Crippen LogP contribution in [0.5, 0.6) is 0 Å². The zero-order chi connectivity index (χ0) is 6.78. The SMILES string of the molecule is C/C(Cl)=C/C(Cl)(Cl)Cl. The van der Waals surface area contributed by atoms with Gasteiger partial charge in [0.15, 0.2) is 0 Å². The number of alkyl halides is 3. The third-order valence-electron chi connectivity index (χ3n) is 0.363. The Labute approximate surface area is 68.4 Å². The van der Waals surface area contributed by atoms with Crippen molar-refractivity contribution in [2.24, 2.45) is 0 Å². The summed E-state index contributed by atoms with van der Waals surface area (Å²) in [6.07, 6.45) is 1.33. The molecule has 0 aromatic heterocycles. The smallest absolute Gasteiger partial charge is 0.0896 e. The van der Waals surface area contributed by atoms with Crippen LogP contribution in [0.3, 0.4) is 0 Å².